The number of aryl methyl sites for hydroxylation is 1. The lowest BCUT2D eigenvalue weighted by Crippen LogP contribution is -2.42. The van der Waals surface area contributed by atoms with Crippen molar-refractivity contribution in [1.82, 2.24) is 0 Å². The molecule has 110 valence electrons. The minimum Gasteiger partial charge on any atom is -0.103 e. The third kappa shape index (κ3) is 4.18. The predicted molar refractivity (Wildman–Crippen MR) is 97.1 cm³/mol. The number of hydrogen-bond donors (Lipinski definition) is 0. The average Bonchev–Trinajstić information content (AvgIpc) is 2.48. The van der Waals surface area contributed by atoms with Crippen LogP contribution in [0.25, 0.3) is 0 Å². The van der Waals surface area contributed by atoms with Crippen molar-refractivity contribution < 1.29 is 0 Å². The highest BCUT2D eigenvalue weighted by Gasteiger charge is 2.27. The van der Waals surface area contributed by atoms with Gasteiger partial charge in [0, 0.05) is 0 Å². The summed E-state index contributed by atoms with van der Waals surface area (Å²) >= 11 is 0. The second kappa shape index (κ2) is 6.90. The van der Waals surface area contributed by atoms with Crippen LogP contribution in [0.2, 0.25) is 19.1 Å². The van der Waals surface area contributed by atoms with E-state index in [1.807, 2.05) is 0 Å². The molecule has 0 amide bonds. The quantitative estimate of drug-likeness (QED) is 0.503. The maximum atomic E-state index is 3.96. The first-order valence-corrected chi connectivity index (χ1v) is 11.0. The first-order valence-electron chi connectivity index (χ1n) is 7.76. The number of hydrogen-bond acceptors (Lipinski definition) is 0. The molecule has 0 saturated heterocycles. The van der Waals surface area contributed by atoms with Crippen LogP contribution in [0.3, 0.4) is 0 Å². The van der Waals surface area contributed by atoms with Gasteiger partial charge in [0.2, 0.25) is 0 Å². The van der Waals surface area contributed by atoms with Gasteiger partial charge in [-0.25, -0.2) is 0 Å². The Morgan fingerprint density at radius 2 is 1.62 bits per heavy atom. The SMILES string of the molecule is C=CCC(C[Si](C)(C)c1ccccc1)c1ccc(C)cc1. The van der Waals surface area contributed by atoms with Gasteiger partial charge in [-0.1, -0.05) is 84.5 Å². The van der Waals surface area contributed by atoms with E-state index in [2.05, 4.69) is 87.3 Å². The summed E-state index contributed by atoms with van der Waals surface area (Å²) in [6, 6.07) is 21.3. The summed E-state index contributed by atoms with van der Waals surface area (Å²) in [5.41, 5.74) is 2.78. The monoisotopic (exact) mass is 294 g/mol. The third-order valence-electron chi connectivity index (χ3n) is 4.31. The lowest BCUT2D eigenvalue weighted by atomic mass is 9.97. The molecule has 0 fully saturated rings. The minimum absolute atomic E-state index is 0.588. The fourth-order valence-electron chi connectivity index (χ4n) is 3.00. The first-order chi connectivity index (χ1) is 10.0. The summed E-state index contributed by atoms with van der Waals surface area (Å²) < 4.78 is 0. The Hall–Kier alpha value is -1.60. The van der Waals surface area contributed by atoms with Gasteiger partial charge in [0.15, 0.2) is 0 Å². The molecule has 21 heavy (non-hydrogen) atoms. The van der Waals surface area contributed by atoms with Gasteiger partial charge in [-0.3, -0.25) is 0 Å². The largest absolute Gasteiger partial charge is 0.103 e. The standard InChI is InChI=1S/C20H26Si/c1-5-9-19(18-14-12-17(2)13-15-18)16-21(3,4)20-10-7-6-8-11-20/h5-8,10-15,19H,1,9,16H2,2-4H3. The van der Waals surface area contributed by atoms with E-state index in [0.717, 1.165) is 6.42 Å². The summed E-state index contributed by atoms with van der Waals surface area (Å²) in [7, 11) is -1.42. The molecule has 0 spiro atoms. The fourth-order valence-corrected chi connectivity index (χ4v) is 5.97. The molecule has 1 heteroatoms. The van der Waals surface area contributed by atoms with Gasteiger partial charge in [0.25, 0.3) is 0 Å². The van der Waals surface area contributed by atoms with Crippen molar-refractivity contribution in [2.24, 2.45) is 0 Å². The lowest BCUT2D eigenvalue weighted by Gasteiger charge is -2.28. The molecule has 2 aromatic carbocycles. The molecule has 0 heterocycles. The minimum atomic E-state index is -1.42. The van der Waals surface area contributed by atoms with Crippen LogP contribution < -0.4 is 5.19 Å². The van der Waals surface area contributed by atoms with Crippen LogP contribution in [0.1, 0.15) is 23.5 Å². The molecule has 2 aromatic rings. The Labute approximate surface area is 130 Å². The molecular formula is C20H26Si. The summed E-state index contributed by atoms with van der Waals surface area (Å²) in [6.45, 7) is 11.1. The van der Waals surface area contributed by atoms with Crippen molar-refractivity contribution in [2.45, 2.75) is 38.4 Å². The summed E-state index contributed by atoms with van der Waals surface area (Å²) in [5.74, 6) is 0.588. The van der Waals surface area contributed by atoms with E-state index in [1.54, 1.807) is 5.19 Å². The summed E-state index contributed by atoms with van der Waals surface area (Å²) in [6.07, 6.45) is 3.13. The number of rotatable bonds is 6. The zero-order valence-corrected chi connectivity index (χ0v) is 14.5. The van der Waals surface area contributed by atoms with Crippen LogP contribution in [0.15, 0.2) is 67.3 Å². The van der Waals surface area contributed by atoms with Crippen LogP contribution in [0.5, 0.6) is 0 Å². The van der Waals surface area contributed by atoms with Crippen LogP contribution in [-0.4, -0.2) is 8.07 Å². The first kappa shape index (κ1) is 15.8. The Balaban J connectivity index is 2.23. The van der Waals surface area contributed by atoms with Crippen molar-refractivity contribution >= 4 is 13.3 Å². The van der Waals surface area contributed by atoms with E-state index in [9.17, 15) is 0 Å². The van der Waals surface area contributed by atoms with Crippen molar-refractivity contribution in [2.75, 3.05) is 0 Å². The zero-order valence-electron chi connectivity index (χ0n) is 13.5. The Bertz CT molecular complexity index is 567. The molecule has 1 unspecified atom stereocenters. The highest BCUT2D eigenvalue weighted by atomic mass is 28.3. The molecule has 0 nitrogen and oxygen atoms in total. The molecule has 0 aromatic heterocycles. The molecular weight excluding hydrogens is 268 g/mol. The summed E-state index contributed by atoms with van der Waals surface area (Å²) in [5, 5.41) is 1.55. The molecule has 1 atom stereocenters. The molecule has 0 bridgehead atoms. The van der Waals surface area contributed by atoms with Crippen molar-refractivity contribution in [1.29, 1.82) is 0 Å². The second-order valence-electron chi connectivity index (χ2n) is 6.59. The van der Waals surface area contributed by atoms with Gasteiger partial charge < -0.3 is 0 Å². The van der Waals surface area contributed by atoms with E-state index in [-0.39, 0.29) is 0 Å². The topological polar surface area (TPSA) is 0 Å². The van der Waals surface area contributed by atoms with Gasteiger partial charge in [0.05, 0.1) is 8.07 Å². The van der Waals surface area contributed by atoms with Gasteiger partial charge in [-0.2, -0.15) is 0 Å². The Morgan fingerprint density at radius 3 is 2.19 bits per heavy atom. The van der Waals surface area contributed by atoms with Gasteiger partial charge in [-0.05, 0) is 30.9 Å². The van der Waals surface area contributed by atoms with E-state index in [4.69, 9.17) is 0 Å². The van der Waals surface area contributed by atoms with Gasteiger partial charge in [-0.15, -0.1) is 6.58 Å². The van der Waals surface area contributed by atoms with Crippen molar-refractivity contribution in [3.05, 3.63) is 78.4 Å². The average molecular weight is 295 g/mol. The molecule has 0 saturated carbocycles. The third-order valence-corrected chi connectivity index (χ3v) is 7.72. The van der Waals surface area contributed by atoms with Gasteiger partial charge in [0.1, 0.15) is 0 Å². The van der Waals surface area contributed by atoms with E-state index < -0.39 is 8.07 Å². The van der Waals surface area contributed by atoms with Crippen molar-refractivity contribution in [3.8, 4) is 0 Å². The normalized spacial score (nSPS) is 12.9. The molecule has 0 N–H and O–H groups in total. The van der Waals surface area contributed by atoms with Gasteiger partial charge >= 0.3 is 0 Å². The van der Waals surface area contributed by atoms with Crippen LogP contribution in [0.4, 0.5) is 0 Å². The van der Waals surface area contributed by atoms with E-state index in [1.165, 1.54) is 17.2 Å². The Morgan fingerprint density at radius 1 is 1.00 bits per heavy atom. The number of benzene rings is 2. The van der Waals surface area contributed by atoms with Crippen LogP contribution in [-0.2, 0) is 0 Å². The smallest absolute Gasteiger partial charge is 0.0812 e. The van der Waals surface area contributed by atoms with Crippen molar-refractivity contribution in [3.63, 3.8) is 0 Å². The molecule has 0 aliphatic rings. The molecule has 0 aliphatic heterocycles. The second-order valence-corrected chi connectivity index (χ2v) is 11.3. The molecule has 0 aliphatic carbocycles. The maximum Gasteiger partial charge on any atom is 0.0812 e. The fraction of sp³-hybridized carbons (Fsp3) is 0.300. The zero-order chi connectivity index (χ0) is 15.3. The predicted octanol–water partition coefficient (Wildman–Crippen LogP) is 5.27. The summed E-state index contributed by atoms with van der Waals surface area (Å²) in [4.78, 5) is 0. The lowest BCUT2D eigenvalue weighted by molar-refractivity contribution is 0.768. The highest BCUT2D eigenvalue weighted by Crippen LogP contribution is 2.30. The van der Waals surface area contributed by atoms with E-state index >= 15 is 0 Å². The van der Waals surface area contributed by atoms with Crippen LogP contribution in [0, 0.1) is 6.92 Å². The Kier molecular flexibility index (Phi) is 5.19. The van der Waals surface area contributed by atoms with E-state index in [0.29, 0.717) is 5.92 Å². The van der Waals surface area contributed by atoms with Crippen LogP contribution >= 0.6 is 0 Å². The molecule has 2 rings (SSSR count). The highest BCUT2D eigenvalue weighted by molar-refractivity contribution is 6.89. The maximum absolute atomic E-state index is 3.96. The molecule has 0 radical (unpaired) electrons. The number of allylic oxidation sites excluding steroid dienone is 1.